The van der Waals surface area contributed by atoms with Crippen molar-refractivity contribution in [3.63, 3.8) is 0 Å². The van der Waals surface area contributed by atoms with E-state index in [2.05, 4.69) is 5.32 Å². The van der Waals surface area contributed by atoms with Crippen LogP contribution < -0.4 is 5.32 Å². The van der Waals surface area contributed by atoms with Crippen LogP contribution in [0.5, 0.6) is 0 Å². The number of carbonyl (C=O) groups is 1. The first kappa shape index (κ1) is 19.1. The molecule has 0 fully saturated rings. The second-order valence-corrected chi connectivity index (χ2v) is 6.66. The fraction of sp³-hybridized carbons (Fsp3) is 0.350. The zero-order chi connectivity index (χ0) is 18.4. The summed E-state index contributed by atoms with van der Waals surface area (Å²) in [5, 5.41) is 13.4. The Hall–Kier alpha value is -2.24. The summed E-state index contributed by atoms with van der Waals surface area (Å²) in [6.45, 7) is 1.96. The standard InChI is InChI=1S/C20H25FN2O2/c1-20(25,16-9-5-4-6-10-16)13-19(24)22-14-18(23(2)3)15-8-7-11-17(21)12-15/h4-12,18,25H,13-14H2,1-3H3,(H,22,24). The molecule has 2 aromatic carbocycles. The highest BCUT2D eigenvalue weighted by atomic mass is 19.1. The Labute approximate surface area is 148 Å². The van der Waals surface area contributed by atoms with Gasteiger partial charge in [-0.2, -0.15) is 0 Å². The highest BCUT2D eigenvalue weighted by molar-refractivity contribution is 5.77. The van der Waals surface area contributed by atoms with Crippen molar-refractivity contribution in [1.29, 1.82) is 0 Å². The molecule has 5 heteroatoms. The van der Waals surface area contributed by atoms with Crippen LogP contribution in [0.3, 0.4) is 0 Å². The molecule has 0 bridgehead atoms. The molecule has 0 spiro atoms. The lowest BCUT2D eigenvalue weighted by atomic mass is 9.92. The minimum atomic E-state index is -1.24. The normalized spacial score (nSPS) is 14.8. The largest absolute Gasteiger partial charge is 0.385 e. The lowest BCUT2D eigenvalue weighted by molar-refractivity contribution is -0.126. The predicted octanol–water partition coefficient (Wildman–Crippen LogP) is 2.84. The van der Waals surface area contributed by atoms with E-state index in [1.807, 2.05) is 43.3 Å². The number of hydrogen-bond acceptors (Lipinski definition) is 3. The van der Waals surface area contributed by atoms with Gasteiger partial charge in [-0.1, -0.05) is 42.5 Å². The van der Waals surface area contributed by atoms with Gasteiger partial charge in [-0.05, 0) is 44.3 Å². The third-order valence-corrected chi connectivity index (χ3v) is 4.25. The molecule has 2 rings (SSSR count). The van der Waals surface area contributed by atoms with E-state index in [9.17, 15) is 14.3 Å². The smallest absolute Gasteiger partial charge is 0.223 e. The van der Waals surface area contributed by atoms with Crippen LogP contribution in [-0.2, 0) is 10.4 Å². The van der Waals surface area contributed by atoms with Gasteiger partial charge in [0.25, 0.3) is 0 Å². The van der Waals surface area contributed by atoms with Gasteiger partial charge in [0.05, 0.1) is 18.1 Å². The second kappa shape index (κ2) is 8.23. The molecule has 0 aliphatic carbocycles. The molecule has 0 aromatic heterocycles. The van der Waals surface area contributed by atoms with Gasteiger partial charge >= 0.3 is 0 Å². The molecule has 0 heterocycles. The Morgan fingerprint density at radius 2 is 1.88 bits per heavy atom. The van der Waals surface area contributed by atoms with Gasteiger partial charge in [0.2, 0.25) is 5.91 Å². The van der Waals surface area contributed by atoms with Crippen molar-refractivity contribution in [2.75, 3.05) is 20.6 Å². The van der Waals surface area contributed by atoms with Crippen molar-refractivity contribution in [3.8, 4) is 0 Å². The highest BCUT2D eigenvalue weighted by Gasteiger charge is 2.27. The van der Waals surface area contributed by atoms with Gasteiger partial charge < -0.3 is 15.3 Å². The van der Waals surface area contributed by atoms with E-state index in [-0.39, 0.29) is 24.2 Å². The average molecular weight is 344 g/mol. The van der Waals surface area contributed by atoms with E-state index < -0.39 is 5.60 Å². The van der Waals surface area contributed by atoms with Gasteiger partial charge in [-0.3, -0.25) is 4.79 Å². The van der Waals surface area contributed by atoms with E-state index >= 15 is 0 Å². The quantitative estimate of drug-likeness (QED) is 0.812. The number of halogens is 1. The number of benzene rings is 2. The third kappa shape index (κ3) is 5.37. The summed E-state index contributed by atoms with van der Waals surface area (Å²) in [5.41, 5.74) is 0.247. The zero-order valence-electron chi connectivity index (χ0n) is 14.9. The van der Waals surface area contributed by atoms with E-state index in [0.717, 1.165) is 5.56 Å². The fourth-order valence-electron chi connectivity index (χ4n) is 2.80. The van der Waals surface area contributed by atoms with Crippen LogP contribution in [0.25, 0.3) is 0 Å². The molecular formula is C20H25FN2O2. The summed E-state index contributed by atoms with van der Waals surface area (Å²) in [6.07, 6.45) is -0.0414. The predicted molar refractivity (Wildman–Crippen MR) is 96.5 cm³/mol. The summed E-state index contributed by atoms with van der Waals surface area (Å²) in [6, 6.07) is 15.3. The van der Waals surface area contributed by atoms with Gasteiger partial charge in [0.1, 0.15) is 5.82 Å². The molecule has 2 unspecified atom stereocenters. The molecule has 0 saturated heterocycles. The Bertz CT molecular complexity index is 702. The first-order valence-electron chi connectivity index (χ1n) is 8.26. The molecule has 2 aromatic rings. The Morgan fingerprint density at radius 1 is 1.20 bits per heavy atom. The van der Waals surface area contributed by atoms with Crippen molar-refractivity contribution < 1.29 is 14.3 Å². The molecule has 0 radical (unpaired) electrons. The molecule has 0 aliphatic heterocycles. The molecule has 25 heavy (non-hydrogen) atoms. The first-order valence-corrected chi connectivity index (χ1v) is 8.26. The SMILES string of the molecule is CN(C)C(CNC(=O)CC(C)(O)c1ccccc1)c1cccc(F)c1. The summed E-state index contributed by atoms with van der Waals surface area (Å²) in [7, 11) is 3.75. The second-order valence-electron chi connectivity index (χ2n) is 6.66. The first-order chi connectivity index (χ1) is 11.8. The fourth-order valence-corrected chi connectivity index (χ4v) is 2.80. The van der Waals surface area contributed by atoms with E-state index in [1.54, 1.807) is 25.1 Å². The summed E-state index contributed by atoms with van der Waals surface area (Å²) in [4.78, 5) is 14.2. The maximum absolute atomic E-state index is 13.5. The maximum Gasteiger partial charge on any atom is 0.223 e. The summed E-state index contributed by atoms with van der Waals surface area (Å²) < 4.78 is 13.5. The average Bonchev–Trinajstić information content (AvgIpc) is 2.55. The van der Waals surface area contributed by atoms with E-state index in [1.165, 1.54) is 12.1 Å². The van der Waals surface area contributed by atoms with Gasteiger partial charge in [-0.15, -0.1) is 0 Å². The van der Waals surface area contributed by atoms with Crippen LogP contribution >= 0.6 is 0 Å². The molecule has 0 aliphatic rings. The Kier molecular flexibility index (Phi) is 6.28. The van der Waals surface area contributed by atoms with Crippen LogP contribution in [0.4, 0.5) is 4.39 Å². The molecule has 2 atom stereocenters. The van der Waals surface area contributed by atoms with E-state index in [4.69, 9.17) is 0 Å². The van der Waals surface area contributed by atoms with Crippen LogP contribution in [0.15, 0.2) is 54.6 Å². The van der Waals surface area contributed by atoms with E-state index in [0.29, 0.717) is 12.1 Å². The minimum absolute atomic E-state index is 0.0414. The number of hydrogen-bond donors (Lipinski definition) is 2. The lowest BCUT2D eigenvalue weighted by Crippen LogP contribution is -2.38. The summed E-state index contributed by atoms with van der Waals surface area (Å²) in [5.74, 6) is -0.556. The molecule has 1 amide bonds. The minimum Gasteiger partial charge on any atom is -0.385 e. The molecule has 0 saturated carbocycles. The number of nitrogens with one attached hydrogen (secondary N) is 1. The van der Waals surface area contributed by atoms with Crippen molar-refractivity contribution in [1.82, 2.24) is 10.2 Å². The monoisotopic (exact) mass is 344 g/mol. The van der Waals surface area contributed by atoms with Crippen molar-refractivity contribution in [3.05, 3.63) is 71.5 Å². The number of carbonyl (C=O) groups excluding carboxylic acids is 1. The van der Waals surface area contributed by atoms with Crippen LogP contribution in [-0.4, -0.2) is 36.6 Å². The van der Waals surface area contributed by atoms with Crippen molar-refractivity contribution in [2.24, 2.45) is 0 Å². The number of likely N-dealkylation sites (N-methyl/N-ethyl adjacent to an activating group) is 1. The molecule has 134 valence electrons. The topological polar surface area (TPSA) is 52.6 Å². The van der Waals surface area contributed by atoms with Gasteiger partial charge in [-0.25, -0.2) is 4.39 Å². The third-order valence-electron chi connectivity index (χ3n) is 4.25. The highest BCUT2D eigenvalue weighted by Crippen LogP contribution is 2.24. The number of aliphatic hydroxyl groups is 1. The van der Waals surface area contributed by atoms with Crippen LogP contribution in [0, 0.1) is 5.82 Å². The molecular weight excluding hydrogens is 319 g/mol. The van der Waals surface area contributed by atoms with Crippen LogP contribution in [0.1, 0.15) is 30.5 Å². The van der Waals surface area contributed by atoms with Crippen molar-refractivity contribution in [2.45, 2.75) is 25.0 Å². The van der Waals surface area contributed by atoms with Crippen molar-refractivity contribution >= 4 is 5.91 Å². The number of amides is 1. The molecule has 2 N–H and O–H groups in total. The lowest BCUT2D eigenvalue weighted by Gasteiger charge is -2.27. The molecule has 4 nitrogen and oxygen atoms in total. The maximum atomic E-state index is 13.5. The summed E-state index contributed by atoms with van der Waals surface area (Å²) >= 11 is 0. The van der Waals surface area contributed by atoms with Gasteiger partial charge in [0, 0.05) is 6.54 Å². The Morgan fingerprint density at radius 3 is 2.48 bits per heavy atom. The van der Waals surface area contributed by atoms with Crippen LogP contribution in [0.2, 0.25) is 0 Å². The Balaban J connectivity index is 2.00. The number of rotatable bonds is 7. The van der Waals surface area contributed by atoms with Gasteiger partial charge in [0.15, 0.2) is 0 Å². The zero-order valence-corrected chi connectivity index (χ0v) is 14.9. The number of nitrogens with zero attached hydrogens (tertiary/aromatic N) is 1.